The SMILES string of the molecule is C=CC(=O)OCC(C=Cc1ccccc1)c1cccc2c3ccccc3n(C=C)c12. The lowest BCUT2D eigenvalue weighted by Gasteiger charge is -2.16. The maximum atomic E-state index is 11.8. The molecular weight excluding hydrogens is 370 g/mol. The molecule has 0 saturated heterocycles. The average Bonchev–Trinajstić information content (AvgIpc) is 3.13. The van der Waals surface area contributed by atoms with Crippen molar-refractivity contribution < 1.29 is 9.53 Å². The van der Waals surface area contributed by atoms with Crippen molar-refractivity contribution in [2.24, 2.45) is 0 Å². The Bertz CT molecular complexity index is 1250. The molecule has 0 aliphatic carbocycles. The summed E-state index contributed by atoms with van der Waals surface area (Å²) in [5, 5.41) is 2.32. The minimum atomic E-state index is -0.426. The van der Waals surface area contributed by atoms with Gasteiger partial charge < -0.3 is 9.30 Å². The molecule has 1 atom stereocenters. The molecule has 0 bridgehead atoms. The molecule has 1 heterocycles. The Kier molecular flexibility index (Phi) is 5.62. The zero-order valence-corrected chi connectivity index (χ0v) is 16.7. The lowest BCUT2D eigenvalue weighted by molar-refractivity contribution is -0.137. The Morgan fingerprint density at radius 3 is 2.43 bits per heavy atom. The van der Waals surface area contributed by atoms with Crippen molar-refractivity contribution in [2.75, 3.05) is 6.61 Å². The summed E-state index contributed by atoms with van der Waals surface area (Å²) < 4.78 is 7.56. The number of benzene rings is 3. The fourth-order valence-corrected chi connectivity index (χ4v) is 3.84. The number of ether oxygens (including phenoxy) is 1. The van der Waals surface area contributed by atoms with Gasteiger partial charge in [0.2, 0.25) is 0 Å². The molecule has 0 radical (unpaired) electrons. The molecular formula is C27H23NO2. The molecule has 3 nitrogen and oxygen atoms in total. The van der Waals surface area contributed by atoms with E-state index in [1.54, 1.807) is 0 Å². The third kappa shape index (κ3) is 3.70. The van der Waals surface area contributed by atoms with Crippen LogP contribution in [0.3, 0.4) is 0 Å². The van der Waals surface area contributed by atoms with Crippen molar-refractivity contribution in [1.29, 1.82) is 0 Å². The topological polar surface area (TPSA) is 31.2 Å². The first-order valence-electron chi connectivity index (χ1n) is 9.89. The van der Waals surface area contributed by atoms with Gasteiger partial charge in [-0.1, -0.05) is 92.0 Å². The van der Waals surface area contributed by atoms with E-state index in [0.29, 0.717) is 0 Å². The minimum Gasteiger partial charge on any atom is -0.462 e. The zero-order chi connectivity index (χ0) is 20.9. The highest BCUT2D eigenvalue weighted by molar-refractivity contribution is 6.10. The summed E-state index contributed by atoms with van der Waals surface area (Å²) in [5.74, 6) is -0.551. The van der Waals surface area contributed by atoms with E-state index < -0.39 is 5.97 Å². The fourth-order valence-electron chi connectivity index (χ4n) is 3.84. The minimum absolute atomic E-state index is 0.124. The van der Waals surface area contributed by atoms with Crippen LogP contribution >= 0.6 is 0 Å². The molecule has 0 fully saturated rings. The van der Waals surface area contributed by atoms with Crippen LogP contribution in [0.2, 0.25) is 0 Å². The van der Waals surface area contributed by atoms with E-state index in [-0.39, 0.29) is 12.5 Å². The second kappa shape index (κ2) is 8.66. The van der Waals surface area contributed by atoms with Crippen LogP contribution in [-0.4, -0.2) is 17.1 Å². The van der Waals surface area contributed by atoms with Crippen LogP contribution < -0.4 is 0 Å². The van der Waals surface area contributed by atoms with Crippen LogP contribution in [0.5, 0.6) is 0 Å². The molecule has 148 valence electrons. The highest BCUT2D eigenvalue weighted by Gasteiger charge is 2.18. The van der Waals surface area contributed by atoms with Crippen LogP contribution in [0.1, 0.15) is 17.0 Å². The van der Waals surface area contributed by atoms with E-state index in [1.165, 1.54) is 11.5 Å². The van der Waals surface area contributed by atoms with Crippen LogP contribution in [0.4, 0.5) is 0 Å². The predicted molar refractivity (Wildman–Crippen MR) is 125 cm³/mol. The molecule has 30 heavy (non-hydrogen) atoms. The Hall–Kier alpha value is -3.85. The van der Waals surface area contributed by atoms with Crippen molar-refractivity contribution in [3.63, 3.8) is 0 Å². The van der Waals surface area contributed by atoms with Gasteiger partial charge in [-0.05, 0) is 17.2 Å². The summed E-state index contributed by atoms with van der Waals surface area (Å²) in [7, 11) is 0. The highest BCUT2D eigenvalue weighted by Crippen LogP contribution is 2.35. The van der Waals surface area contributed by atoms with Gasteiger partial charge in [0.05, 0.1) is 11.0 Å². The van der Waals surface area contributed by atoms with Crippen molar-refractivity contribution >= 4 is 40.1 Å². The summed E-state index contributed by atoms with van der Waals surface area (Å²) in [5.41, 5.74) is 4.34. The number of hydrogen-bond acceptors (Lipinski definition) is 2. The van der Waals surface area contributed by atoms with Crippen LogP contribution in [0.15, 0.2) is 98.1 Å². The normalized spacial score (nSPS) is 12.3. The summed E-state index contributed by atoms with van der Waals surface area (Å²) in [6.45, 7) is 7.76. The standard InChI is InChI=1S/C27H23NO2/c1-3-26(29)30-19-21(18-17-20-11-6-5-7-12-20)22-14-10-15-24-23-13-8-9-16-25(23)28(4-2)27(22)24/h3-18,21H,1-2,19H2. The number of para-hydroxylation sites is 2. The van der Waals surface area contributed by atoms with Crippen LogP contribution in [-0.2, 0) is 9.53 Å². The molecule has 4 aromatic rings. The Morgan fingerprint density at radius 1 is 0.933 bits per heavy atom. The quantitative estimate of drug-likeness (QED) is 0.268. The van der Waals surface area contributed by atoms with E-state index in [4.69, 9.17) is 4.74 Å². The van der Waals surface area contributed by atoms with Gasteiger partial charge in [-0.3, -0.25) is 0 Å². The van der Waals surface area contributed by atoms with Crippen molar-refractivity contribution in [3.8, 4) is 0 Å². The number of carbonyl (C=O) groups excluding carboxylic acids is 1. The number of carbonyl (C=O) groups is 1. The van der Waals surface area contributed by atoms with E-state index in [2.05, 4.69) is 60.2 Å². The number of rotatable bonds is 7. The van der Waals surface area contributed by atoms with Gasteiger partial charge in [0.25, 0.3) is 0 Å². The molecule has 0 N–H and O–H groups in total. The van der Waals surface area contributed by atoms with E-state index in [9.17, 15) is 4.79 Å². The number of nitrogens with zero attached hydrogens (tertiary/aromatic N) is 1. The number of aromatic nitrogens is 1. The first-order chi connectivity index (χ1) is 14.7. The second-order valence-corrected chi connectivity index (χ2v) is 7.02. The average molecular weight is 393 g/mol. The van der Waals surface area contributed by atoms with Gasteiger partial charge >= 0.3 is 5.97 Å². The number of esters is 1. The molecule has 1 unspecified atom stereocenters. The lowest BCUT2D eigenvalue weighted by atomic mass is 9.95. The molecule has 0 saturated carbocycles. The van der Waals surface area contributed by atoms with Crippen molar-refractivity contribution in [2.45, 2.75) is 5.92 Å². The molecule has 3 aromatic carbocycles. The van der Waals surface area contributed by atoms with Crippen molar-refractivity contribution in [3.05, 3.63) is 109 Å². The third-order valence-corrected chi connectivity index (χ3v) is 5.24. The lowest BCUT2D eigenvalue weighted by Crippen LogP contribution is -2.10. The summed E-state index contributed by atoms with van der Waals surface area (Å²) >= 11 is 0. The molecule has 4 rings (SSSR count). The Labute approximate surface area is 176 Å². The van der Waals surface area contributed by atoms with E-state index in [0.717, 1.165) is 27.5 Å². The van der Waals surface area contributed by atoms with Gasteiger partial charge in [0.15, 0.2) is 0 Å². The molecule has 0 spiro atoms. The first-order valence-corrected chi connectivity index (χ1v) is 9.89. The van der Waals surface area contributed by atoms with Gasteiger partial charge in [-0.15, -0.1) is 0 Å². The van der Waals surface area contributed by atoms with E-state index in [1.807, 2.05) is 48.7 Å². The maximum absolute atomic E-state index is 11.8. The van der Waals surface area contributed by atoms with Gasteiger partial charge in [0, 0.05) is 29.0 Å². The largest absolute Gasteiger partial charge is 0.462 e. The van der Waals surface area contributed by atoms with Gasteiger partial charge in [0.1, 0.15) is 6.61 Å². The smallest absolute Gasteiger partial charge is 0.330 e. The molecule has 1 aromatic heterocycles. The summed E-state index contributed by atoms with van der Waals surface area (Å²) in [4.78, 5) is 11.8. The molecule has 0 aliphatic rings. The van der Waals surface area contributed by atoms with Crippen molar-refractivity contribution in [1.82, 2.24) is 4.57 Å². The maximum Gasteiger partial charge on any atom is 0.330 e. The van der Waals surface area contributed by atoms with E-state index >= 15 is 0 Å². The number of fused-ring (bicyclic) bond motifs is 3. The molecule has 3 heteroatoms. The fraction of sp³-hybridized carbons (Fsp3) is 0.0741. The second-order valence-electron chi connectivity index (χ2n) is 7.02. The Balaban J connectivity index is 1.87. The Morgan fingerprint density at radius 2 is 1.67 bits per heavy atom. The zero-order valence-electron chi connectivity index (χ0n) is 16.7. The monoisotopic (exact) mass is 393 g/mol. The van der Waals surface area contributed by atoms with Gasteiger partial charge in [-0.25, -0.2) is 4.79 Å². The number of hydrogen-bond donors (Lipinski definition) is 0. The first kappa shape index (κ1) is 19.5. The molecule has 0 aliphatic heterocycles. The highest BCUT2D eigenvalue weighted by atomic mass is 16.5. The predicted octanol–water partition coefficient (Wildman–Crippen LogP) is 6.42. The summed E-state index contributed by atoms with van der Waals surface area (Å²) in [6.07, 6.45) is 7.18. The third-order valence-electron chi connectivity index (χ3n) is 5.24. The van der Waals surface area contributed by atoms with Crippen LogP contribution in [0.25, 0.3) is 34.1 Å². The van der Waals surface area contributed by atoms with Gasteiger partial charge in [-0.2, -0.15) is 0 Å². The summed E-state index contributed by atoms with van der Waals surface area (Å²) in [6, 6.07) is 24.6. The van der Waals surface area contributed by atoms with Crippen LogP contribution in [0, 0.1) is 0 Å². The molecule has 0 amide bonds.